The summed E-state index contributed by atoms with van der Waals surface area (Å²) in [5.41, 5.74) is 5.13. The van der Waals surface area contributed by atoms with Gasteiger partial charge in [0.05, 0.1) is 11.6 Å². The van der Waals surface area contributed by atoms with Crippen LogP contribution < -0.4 is 4.90 Å². The van der Waals surface area contributed by atoms with Crippen molar-refractivity contribution in [1.29, 1.82) is 0 Å². The van der Waals surface area contributed by atoms with Crippen LogP contribution in [0.15, 0.2) is 72.6 Å². The number of anilines is 1. The molecule has 1 N–H and O–H groups in total. The molecule has 1 aliphatic heterocycles. The standard InChI is InChI=1S/C26H24N2O3/c1-4-18-6-9-21(10-7-18)28-23(19-11-13-27-14-12-19)22(25(30)26(28)31)24(29)20-8-5-16(2)17(3)15-20/h5-15,23,29H,4H2,1-3H3/b24-22-. The zero-order chi connectivity index (χ0) is 22.1. The second kappa shape index (κ2) is 8.19. The SMILES string of the molecule is CCc1ccc(N2C(=O)C(=O)/C(=C(\O)c3ccc(C)c(C)c3)C2c2ccncc2)cc1. The average Bonchev–Trinajstić information content (AvgIpc) is 3.06. The molecule has 5 heteroatoms. The van der Waals surface area contributed by atoms with Crippen LogP contribution in [0.3, 0.4) is 0 Å². The van der Waals surface area contributed by atoms with Gasteiger partial charge in [0.25, 0.3) is 11.7 Å². The molecule has 2 aromatic carbocycles. The van der Waals surface area contributed by atoms with Gasteiger partial charge in [0.1, 0.15) is 5.76 Å². The number of aryl methyl sites for hydroxylation is 3. The largest absolute Gasteiger partial charge is 0.507 e. The van der Waals surface area contributed by atoms with E-state index in [9.17, 15) is 14.7 Å². The monoisotopic (exact) mass is 412 g/mol. The number of amides is 1. The number of hydrogen-bond acceptors (Lipinski definition) is 4. The number of aromatic nitrogens is 1. The molecule has 0 radical (unpaired) electrons. The van der Waals surface area contributed by atoms with Gasteiger partial charge in [-0.2, -0.15) is 0 Å². The minimum atomic E-state index is -0.739. The minimum absolute atomic E-state index is 0.0824. The van der Waals surface area contributed by atoms with Crippen molar-refractivity contribution in [3.63, 3.8) is 0 Å². The molecular formula is C26H24N2O3. The maximum absolute atomic E-state index is 13.1. The van der Waals surface area contributed by atoms with Gasteiger partial charge in [-0.3, -0.25) is 19.5 Å². The van der Waals surface area contributed by atoms with E-state index < -0.39 is 17.7 Å². The summed E-state index contributed by atoms with van der Waals surface area (Å²) in [4.78, 5) is 31.8. The number of carbonyl (C=O) groups is 2. The maximum Gasteiger partial charge on any atom is 0.300 e. The van der Waals surface area contributed by atoms with Gasteiger partial charge in [-0.05, 0) is 72.9 Å². The van der Waals surface area contributed by atoms with Crippen LogP contribution in [0.5, 0.6) is 0 Å². The first kappa shape index (κ1) is 20.5. The van der Waals surface area contributed by atoms with Gasteiger partial charge < -0.3 is 5.11 Å². The summed E-state index contributed by atoms with van der Waals surface area (Å²) in [7, 11) is 0. The maximum atomic E-state index is 13.1. The first-order valence-corrected chi connectivity index (χ1v) is 10.3. The van der Waals surface area contributed by atoms with Crippen LogP contribution in [0.1, 0.15) is 40.8 Å². The molecule has 1 aliphatic rings. The van der Waals surface area contributed by atoms with E-state index >= 15 is 0 Å². The van der Waals surface area contributed by atoms with Gasteiger partial charge in [0.2, 0.25) is 0 Å². The molecular weight excluding hydrogens is 388 g/mol. The number of pyridine rings is 1. The number of ketones is 1. The Bertz CT molecular complexity index is 1180. The number of carbonyl (C=O) groups excluding carboxylic acids is 2. The van der Waals surface area contributed by atoms with Crippen molar-refractivity contribution < 1.29 is 14.7 Å². The van der Waals surface area contributed by atoms with Crippen molar-refractivity contribution >= 4 is 23.1 Å². The fourth-order valence-electron chi connectivity index (χ4n) is 3.90. The van der Waals surface area contributed by atoms with E-state index in [0.29, 0.717) is 16.8 Å². The van der Waals surface area contributed by atoms with Gasteiger partial charge in [0, 0.05) is 23.6 Å². The summed E-state index contributed by atoms with van der Waals surface area (Å²) in [6.07, 6.45) is 4.11. The zero-order valence-electron chi connectivity index (χ0n) is 17.8. The highest BCUT2D eigenvalue weighted by Gasteiger charge is 2.46. The van der Waals surface area contributed by atoms with E-state index in [4.69, 9.17) is 0 Å². The van der Waals surface area contributed by atoms with Gasteiger partial charge in [-0.25, -0.2) is 0 Å². The molecule has 31 heavy (non-hydrogen) atoms. The Morgan fingerprint density at radius 2 is 1.65 bits per heavy atom. The molecule has 1 fully saturated rings. The van der Waals surface area contributed by atoms with Crippen LogP contribution in [0, 0.1) is 13.8 Å². The summed E-state index contributed by atoms with van der Waals surface area (Å²) >= 11 is 0. The predicted molar refractivity (Wildman–Crippen MR) is 121 cm³/mol. The van der Waals surface area contributed by atoms with Crippen LogP contribution in [0.2, 0.25) is 0 Å². The summed E-state index contributed by atoms with van der Waals surface area (Å²) in [6.45, 7) is 5.98. The van der Waals surface area contributed by atoms with E-state index in [-0.39, 0.29) is 11.3 Å². The van der Waals surface area contributed by atoms with Crippen molar-refractivity contribution in [3.05, 3.63) is 100 Å². The van der Waals surface area contributed by atoms with Crippen LogP contribution >= 0.6 is 0 Å². The molecule has 4 rings (SSSR count). The molecule has 0 spiro atoms. The molecule has 2 heterocycles. The fraction of sp³-hybridized carbons (Fsp3) is 0.192. The number of aliphatic hydroxyl groups excluding tert-OH is 1. The Balaban J connectivity index is 1.92. The third-order valence-corrected chi connectivity index (χ3v) is 5.87. The van der Waals surface area contributed by atoms with Crippen molar-refractivity contribution in [2.24, 2.45) is 0 Å². The molecule has 156 valence electrons. The third kappa shape index (κ3) is 3.63. The lowest BCUT2D eigenvalue weighted by molar-refractivity contribution is -0.132. The lowest BCUT2D eigenvalue weighted by atomic mass is 9.94. The average molecular weight is 412 g/mol. The Morgan fingerprint density at radius 3 is 2.26 bits per heavy atom. The van der Waals surface area contributed by atoms with Gasteiger partial charge in [-0.15, -0.1) is 0 Å². The van der Waals surface area contributed by atoms with Gasteiger partial charge in [-0.1, -0.05) is 31.2 Å². The minimum Gasteiger partial charge on any atom is -0.507 e. The second-order valence-electron chi connectivity index (χ2n) is 7.77. The second-order valence-corrected chi connectivity index (χ2v) is 7.77. The first-order chi connectivity index (χ1) is 14.9. The van der Waals surface area contributed by atoms with Gasteiger partial charge >= 0.3 is 0 Å². The molecule has 0 bridgehead atoms. The van der Waals surface area contributed by atoms with E-state index in [1.54, 1.807) is 30.6 Å². The molecule has 5 nitrogen and oxygen atoms in total. The highest BCUT2D eigenvalue weighted by atomic mass is 16.3. The number of hydrogen-bond donors (Lipinski definition) is 1. The lowest BCUT2D eigenvalue weighted by Crippen LogP contribution is -2.29. The summed E-state index contributed by atoms with van der Waals surface area (Å²) in [5.74, 6) is -1.52. The van der Waals surface area contributed by atoms with Crippen molar-refractivity contribution in [2.75, 3.05) is 4.90 Å². The zero-order valence-corrected chi connectivity index (χ0v) is 17.8. The Labute approximate surface area is 181 Å². The van der Waals surface area contributed by atoms with Crippen molar-refractivity contribution in [2.45, 2.75) is 33.2 Å². The highest BCUT2D eigenvalue weighted by Crippen LogP contribution is 2.42. The Morgan fingerprint density at radius 1 is 0.968 bits per heavy atom. The molecule has 3 aromatic rings. The summed E-state index contributed by atoms with van der Waals surface area (Å²) in [5, 5.41) is 11.2. The molecule has 1 unspecified atom stereocenters. The van der Waals surface area contributed by atoms with Crippen molar-refractivity contribution in [1.82, 2.24) is 4.98 Å². The highest BCUT2D eigenvalue weighted by molar-refractivity contribution is 6.51. The fourth-order valence-corrected chi connectivity index (χ4v) is 3.90. The Hall–Kier alpha value is -3.73. The number of rotatable bonds is 4. The van der Waals surface area contributed by atoms with E-state index in [2.05, 4.69) is 11.9 Å². The smallest absolute Gasteiger partial charge is 0.300 e. The van der Waals surface area contributed by atoms with Crippen LogP contribution in [0.4, 0.5) is 5.69 Å². The van der Waals surface area contributed by atoms with Crippen LogP contribution in [-0.2, 0) is 16.0 Å². The number of nitrogens with zero attached hydrogens (tertiary/aromatic N) is 2. The first-order valence-electron chi connectivity index (χ1n) is 10.3. The number of benzene rings is 2. The Kier molecular flexibility index (Phi) is 5.42. The molecule has 1 aromatic heterocycles. The quantitative estimate of drug-likeness (QED) is 0.376. The molecule has 0 saturated carbocycles. The predicted octanol–water partition coefficient (Wildman–Crippen LogP) is 4.89. The molecule has 1 saturated heterocycles. The van der Waals surface area contributed by atoms with Crippen molar-refractivity contribution in [3.8, 4) is 0 Å². The normalized spacial score (nSPS) is 17.9. The molecule has 0 aliphatic carbocycles. The van der Waals surface area contributed by atoms with E-state index in [1.807, 2.05) is 50.2 Å². The third-order valence-electron chi connectivity index (χ3n) is 5.87. The van der Waals surface area contributed by atoms with E-state index in [0.717, 1.165) is 23.1 Å². The van der Waals surface area contributed by atoms with Crippen LogP contribution in [0.25, 0.3) is 5.76 Å². The molecule has 1 amide bonds. The van der Waals surface area contributed by atoms with Crippen LogP contribution in [-0.4, -0.2) is 21.8 Å². The van der Waals surface area contributed by atoms with Gasteiger partial charge in [0.15, 0.2) is 0 Å². The molecule has 1 atom stereocenters. The summed E-state index contributed by atoms with van der Waals surface area (Å²) in [6, 6.07) is 15.9. The van der Waals surface area contributed by atoms with E-state index in [1.165, 1.54) is 4.90 Å². The topological polar surface area (TPSA) is 70.5 Å². The summed E-state index contributed by atoms with van der Waals surface area (Å²) < 4.78 is 0. The number of Topliss-reactive ketones (excluding diaryl/α,β-unsaturated/α-hetero) is 1. The lowest BCUT2D eigenvalue weighted by Gasteiger charge is -2.25. The number of aliphatic hydroxyl groups is 1.